The lowest BCUT2D eigenvalue weighted by atomic mass is 9.88. The predicted molar refractivity (Wildman–Crippen MR) is 135 cm³/mol. The van der Waals surface area contributed by atoms with Crippen molar-refractivity contribution in [2.24, 2.45) is 5.92 Å². The summed E-state index contributed by atoms with van der Waals surface area (Å²) in [6, 6.07) is 14.7. The summed E-state index contributed by atoms with van der Waals surface area (Å²) in [4.78, 5) is 45.6. The van der Waals surface area contributed by atoms with E-state index in [2.05, 4.69) is 18.3 Å². The van der Waals surface area contributed by atoms with Gasteiger partial charge in [-0.1, -0.05) is 31.2 Å². The van der Waals surface area contributed by atoms with Gasteiger partial charge in [0.25, 0.3) is 11.8 Å². The highest BCUT2D eigenvalue weighted by Gasteiger charge is 2.36. The van der Waals surface area contributed by atoms with Gasteiger partial charge in [-0.2, -0.15) is 0 Å². The zero-order valence-electron chi connectivity index (χ0n) is 18.5. The molecule has 1 aliphatic heterocycles. The van der Waals surface area contributed by atoms with E-state index in [9.17, 15) is 14.4 Å². The summed E-state index contributed by atoms with van der Waals surface area (Å²) in [5, 5.41) is 4.66. The van der Waals surface area contributed by atoms with Crippen LogP contribution in [0, 0.1) is 5.92 Å². The fraction of sp³-hybridized carbons (Fsp3) is 0.231. The van der Waals surface area contributed by atoms with E-state index >= 15 is 0 Å². The maximum atomic E-state index is 13.1. The molecule has 0 fully saturated rings. The molecule has 3 amide bonds. The van der Waals surface area contributed by atoms with E-state index in [1.54, 1.807) is 46.9 Å². The first-order valence-corrected chi connectivity index (χ1v) is 12.9. The average molecular weight is 488 g/mol. The molecule has 0 bridgehead atoms. The van der Waals surface area contributed by atoms with Gasteiger partial charge in [0, 0.05) is 10.4 Å². The van der Waals surface area contributed by atoms with E-state index in [1.807, 2.05) is 18.2 Å². The maximum absolute atomic E-state index is 13.1. The minimum Gasteiger partial charge on any atom is -0.316 e. The molecule has 2 aromatic carbocycles. The summed E-state index contributed by atoms with van der Waals surface area (Å²) in [6.07, 6.45) is 3.03. The van der Waals surface area contributed by atoms with Crippen LogP contribution in [0.5, 0.6) is 0 Å². The second-order valence-electron chi connectivity index (χ2n) is 8.83. The number of amides is 3. The third-order valence-corrected chi connectivity index (χ3v) is 8.68. The Labute approximate surface area is 204 Å². The van der Waals surface area contributed by atoms with E-state index < -0.39 is 11.8 Å². The second-order valence-corrected chi connectivity index (χ2v) is 11.0. The summed E-state index contributed by atoms with van der Waals surface area (Å²) in [6.45, 7) is 1.94. The van der Waals surface area contributed by atoms with Crippen molar-refractivity contribution in [2.45, 2.75) is 26.2 Å². The smallest absolute Gasteiger partial charge is 0.262 e. The van der Waals surface area contributed by atoms with Gasteiger partial charge >= 0.3 is 0 Å². The summed E-state index contributed by atoms with van der Waals surface area (Å²) >= 11 is 3.21. The first-order chi connectivity index (χ1) is 16.5. The molecule has 34 heavy (non-hydrogen) atoms. The molecular formula is C26H21N3O3S2. The van der Waals surface area contributed by atoms with Crippen LogP contribution in [0.25, 0.3) is 20.8 Å². The van der Waals surface area contributed by atoms with Crippen LogP contribution in [0.1, 0.15) is 44.5 Å². The molecule has 4 aromatic rings. The number of hydrogen-bond donors (Lipinski definition) is 1. The number of carbonyl (C=O) groups excluding carboxylic acids is 3. The number of thiazole rings is 1. The molecule has 0 saturated carbocycles. The second kappa shape index (κ2) is 8.14. The van der Waals surface area contributed by atoms with Gasteiger partial charge in [0.1, 0.15) is 16.6 Å². The Morgan fingerprint density at radius 2 is 1.76 bits per heavy atom. The van der Waals surface area contributed by atoms with Crippen LogP contribution in [0.2, 0.25) is 0 Å². The molecule has 0 spiro atoms. The fourth-order valence-electron chi connectivity index (χ4n) is 4.74. The number of rotatable bonds is 4. The van der Waals surface area contributed by atoms with E-state index in [-0.39, 0.29) is 12.5 Å². The Hall–Kier alpha value is -3.36. The van der Waals surface area contributed by atoms with Crippen molar-refractivity contribution in [2.75, 3.05) is 11.9 Å². The Morgan fingerprint density at radius 1 is 1.06 bits per heavy atom. The molecule has 8 heteroatoms. The van der Waals surface area contributed by atoms with Crippen molar-refractivity contribution < 1.29 is 14.4 Å². The lowest BCUT2D eigenvalue weighted by Crippen LogP contribution is -2.37. The molecular weight excluding hydrogens is 466 g/mol. The van der Waals surface area contributed by atoms with Crippen molar-refractivity contribution in [3.63, 3.8) is 0 Å². The third-order valence-electron chi connectivity index (χ3n) is 6.45. The van der Waals surface area contributed by atoms with E-state index in [4.69, 9.17) is 4.98 Å². The van der Waals surface area contributed by atoms with Crippen molar-refractivity contribution in [1.29, 1.82) is 0 Å². The number of hydrogen-bond acceptors (Lipinski definition) is 6. The third kappa shape index (κ3) is 3.45. The monoisotopic (exact) mass is 487 g/mol. The molecule has 1 N–H and O–H groups in total. The topological polar surface area (TPSA) is 79.4 Å². The van der Waals surface area contributed by atoms with E-state index in [0.29, 0.717) is 17.0 Å². The van der Waals surface area contributed by atoms with Crippen LogP contribution >= 0.6 is 22.7 Å². The standard InChI is InChI=1S/C26H21N3O3S2/c1-14-10-11-17-20(12-14)34-24(22(17)23-27-18-8-4-5-9-19(18)33-23)28-21(30)13-29-25(31)15-6-2-3-7-16(15)26(29)32/h2-9,14H,10-13H2,1H3,(H,28,30). The number of anilines is 1. The average Bonchev–Trinajstić information content (AvgIpc) is 3.47. The van der Waals surface area contributed by atoms with Crippen LogP contribution < -0.4 is 5.32 Å². The molecule has 2 aliphatic rings. The van der Waals surface area contributed by atoms with Crippen LogP contribution in [0.4, 0.5) is 5.00 Å². The number of thiophene rings is 1. The fourth-order valence-corrected chi connectivity index (χ4v) is 7.27. The summed E-state index contributed by atoms with van der Waals surface area (Å²) in [5.74, 6) is -0.650. The van der Waals surface area contributed by atoms with Crippen LogP contribution in [-0.2, 0) is 17.6 Å². The van der Waals surface area contributed by atoms with Crippen molar-refractivity contribution in [1.82, 2.24) is 9.88 Å². The summed E-state index contributed by atoms with van der Waals surface area (Å²) in [5.41, 5.74) is 3.88. The first-order valence-electron chi connectivity index (χ1n) is 11.2. The number of aromatic nitrogens is 1. The molecule has 1 unspecified atom stereocenters. The number of benzene rings is 2. The number of imide groups is 1. The Kier molecular flexibility index (Phi) is 5.08. The molecule has 1 atom stereocenters. The number of para-hydroxylation sites is 1. The maximum Gasteiger partial charge on any atom is 0.262 e. The lowest BCUT2D eigenvalue weighted by Gasteiger charge is -2.18. The molecule has 1 aliphatic carbocycles. The number of nitrogens with zero attached hydrogens (tertiary/aromatic N) is 2. The van der Waals surface area contributed by atoms with E-state index in [1.165, 1.54) is 10.4 Å². The van der Waals surface area contributed by atoms with Crippen LogP contribution in [0.15, 0.2) is 48.5 Å². The minimum absolute atomic E-state index is 0.315. The molecule has 0 radical (unpaired) electrons. The van der Waals surface area contributed by atoms with Gasteiger partial charge in [0.05, 0.1) is 21.3 Å². The highest BCUT2D eigenvalue weighted by atomic mass is 32.1. The predicted octanol–water partition coefficient (Wildman–Crippen LogP) is 5.38. The zero-order valence-corrected chi connectivity index (χ0v) is 20.1. The Bertz CT molecular complexity index is 1420. The number of carbonyl (C=O) groups is 3. The SMILES string of the molecule is CC1CCc2c(sc(NC(=O)CN3C(=O)c4ccccc4C3=O)c2-c2nc3ccccc3s2)C1. The van der Waals surface area contributed by atoms with Gasteiger partial charge in [-0.15, -0.1) is 22.7 Å². The highest BCUT2D eigenvalue weighted by molar-refractivity contribution is 7.23. The van der Waals surface area contributed by atoms with Gasteiger partial charge in [-0.25, -0.2) is 4.98 Å². The van der Waals surface area contributed by atoms with Crippen molar-refractivity contribution in [3.05, 3.63) is 70.1 Å². The van der Waals surface area contributed by atoms with Crippen LogP contribution in [0.3, 0.4) is 0 Å². The normalized spacial score (nSPS) is 17.2. The van der Waals surface area contributed by atoms with Gasteiger partial charge in [0.15, 0.2) is 0 Å². The molecule has 0 saturated heterocycles. The molecule has 6 nitrogen and oxygen atoms in total. The number of nitrogens with one attached hydrogen (secondary N) is 1. The minimum atomic E-state index is -0.429. The molecule has 6 rings (SSSR count). The summed E-state index contributed by atoms with van der Waals surface area (Å²) in [7, 11) is 0. The number of fused-ring (bicyclic) bond motifs is 3. The Morgan fingerprint density at radius 3 is 2.50 bits per heavy atom. The van der Waals surface area contributed by atoms with Crippen molar-refractivity contribution in [3.8, 4) is 10.6 Å². The first kappa shape index (κ1) is 21.2. The van der Waals surface area contributed by atoms with Gasteiger partial charge in [0.2, 0.25) is 5.91 Å². The van der Waals surface area contributed by atoms with Crippen molar-refractivity contribution >= 4 is 55.6 Å². The van der Waals surface area contributed by atoms with E-state index in [0.717, 1.165) is 50.0 Å². The summed E-state index contributed by atoms with van der Waals surface area (Å²) < 4.78 is 1.10. The van der Waals surface area contributed by atoms with Gasteiger partial charge < -0.3 is 5.32 Å². The molecule has 2 aromatic heterocycles. The van der Waals surface area contributed by atoms with Gasteiger partial charge in [-0.05, 0) is 55.0 Å². The Balaban J connectivity index is 1.32. The zero-order chi connectivity index (χ0) is 23.4. The molecule has 3 heterocycles. The van der Waals surface area contributed by atoms with Gasteiger partial charge in [-0.3, -0.25) is 19.3 Å². The van der Waals surface area contributed by atoms with Crippen LogP contribution in [-0.4, -0.2) is 34.2 Å². The quantitative estimate of drug-likeness (QED) is 0.392. The largest absolute Gasteiger partial charge is 0.316 e. The lowest BCUT2D eigenvalue weighted by molar-refractivity contribution is -0.116. The highest BCUT2D eigenvalue weighted by Crippen LogP contribution is 2.47. The molecule has 170 valence electrons.